The maximum atomic E-state index is 12.7. The molecule has 4 rings (SSSR count). The van der Waals surface area contributed by atoms with Crippen molar-refractivity contribution in [3.05, 3.63) is 94.5 Å². The van der Waals surface area contributed by atoms with Crippen LogP contribution in [-0.4, -0.2) is 38.1 Å². The average Bonchev–Trinajstić information content (AvgIpc) is 2.84. The number of nitrogens with one attached hydrogen (secondary N) is 1. The number of benzene rings is 3. The first kappa shape index (κ1) is 22.9. The van der Waals surface area contributed by atoms with E-state index in [1.165, 1.54) is 22.3 Å². The second kappa shape index (κ2) is 10.5. The van der Waals surface area contributed by atoms with E-state index in [1.54, 1.807) is 14.2 Å². The van der Waals surface area contributed by atoms with Crippen LogP contribution in [0.3, 0.4) is 0 Å². The maximum Gasteiger partial charge on any atom is 0.224 e. The molecule has 1 aliphatic rings. The predicted octanol–water partition coefficient (Wildman–Crippen LogP) is 4.47. The van der Waals surface area contributed by atoms with E-state index in [-0.39, 0.29) is 11.9 Å². The van der Waals surface area contributed by atoms with Gasteiger partial charge >= 0.3 is 0 Å². The van der Waals surface area contributed by atoms with Gasteiger partial charge in [0.25, 0.3) is 0 Å². The number of methoxy groups -OCH3 is 2. The Kier molecular flexibility index (Phi) is 7.30. The van der Waals surface area contributed by atoms with E-state index in [2.05, 4.69) is 53.5 Å². The van der Waals surface area contributed by atoms with E-state index in [9.17, 15) is 4.79 Å². The lowest BCUT2D eigenvalue weighted by Gasteiger charge is -2.38. The minimum Gasteiger partial charge on any atom is -0.493 e. The van der Waals surface area contributed by atoms with Crippen molar-refractivity contribution in [2.75, 3.05) is 27.3 Å². The fourth-order valence-electron chi connectivity index (χ4n) is 4.49. The molecular formula is C28H32N2O3. The minimum absolute atomic E-state index is 0.0316. The molecule has 0 bridgehead atoms. The minimum atomic E-state index is 0.0316. The summed E-state index contributed by atoms with van der Waals surface area (Å²) in [5, 5.41) is 3.18. The van der Waals surface area contributed by atoms with Crippen molar-refractivity contribution >= 4 is 5.91 Å². The van der Waals surface area contributed by atoms with Crippen LogP contribution in [-0.2, 0) is 24.2 Å². The van der Waals surface area contributed by atoms with Crippen LogP contribution in [0, 0.1) is 6.92 Å². The maximum absolute atomic E-state index is 12.7. The third-order valence-corrected chi connectivity index (χ3v) is 6.32. The van der Waals surface area contributed by atoms with Gasteiger partial charge in [-0.3, -0.25) is 9.69 Å². The van der Waals surface area contributed by atoms with Crippen molar-refractivity contribution in [3.63, 3.8) is 0 Å². The van der Waals surface area contributed by atoms with E-state index < -0.39 is 0 Å². The molecule has 0 aromatic heterocycles. The van der Waals surface area contributed by atoms with Gasteiger partial charge in [-0.15, -0.1) is 0 Å². The number of amides is 1. The van der Waals surface area contributed by atoms with Crippen molar-refractivity contribution in [1.82, 2.24) is 10.2 Å². The summed E-state index contributed by atoms with van der Waals surface area (Å²) < 4.78 is 11.1. The lowest BCUT2D eigenvalue weighted by atomic mass is 9.91. The Hall–Kier alpha value is -3.31. The highest BCUT2D eigenvalue weighted by atomic mass is 16.5. The highest BCUT2D eigenvalue weighted by Crippen LogP contribution is 2.38. The van der Waals surface area contributed by atoms with E-state index >= 15 is 0 Å². The molecule has 1 N–H and O–H groups in total. The van der Waals surface area contributed by atoms with Crippen LogP contribution in [0.4, 0.5) is 0 Å². The molecular weight excluding hydrogens is 412 g/mol. The smallest absolute Gasteiger partial charge is 0.224 e. The van der Waals surface area contributed by atoms with Gasteiger partial charge in [-0.25, -0.2) is 0 Å². The Morgan fingerprint density at radius 2 is 1.67 bits per heavy atom. The van der Waals surface area contributed by atoms with Crippen molar-refractivity contribution in [2.45, 2.75) is 32.4 Å². The molecule has 1 heterocycles. The zero-order valence-electron chi connectivity index (χ0n) is 19.6. The molecule has 0 aliphatic carbocycles. The van der Waals surface area contributed by atoms with Crippen LogP contribution in [0.2, 0.25) is 0 Å². The number of aryl methyl sites for hydroxylation is 1. The third-order valence-electron chi connectivity index (χ3n) is 6.32. The third kappa shape index (κ3) is 5.55. The summed E-state index contributed by atoms with van der Waals surface area (Å²) in [5.41, 5.74) is 5.97. The van der Waals surface area contributed by atoms with Gasteiger partial charge < -0.3 is 14.8 Å². The SMILES string of the molecule is COc1cc2c(cc1OC)[C@@H](CNC(=O)Cc1ccccc1)N(Cc1ccc(C)cc1)CC2. The first-order valence-corrected chi connectivity index (χ1v) is 11.4. The van der Waals surface area contributed by atoms with Gasteiger partial charge in [-0.2, -0.15) is 0 Å². The molecule has 0 unspecified atom stereocenters. The highest BCUT2D eigenvalue weighted by molar-refractivity contribution is 5.78. The summed E-state index contributed by atoms with van der Waals surface area (Å²) in [6, 6.07) is 22.7. The van der Waals surface area contributed by atoms with E-state index in [4.69, 9.17) is 9.47 Å². The molecule has 0 saturated heterocycles. The fraction of sp³-hybridized carbons (Fsp3) is 0.321. The molecule has 3 aromatic rings. The van der Waals surface area contributed by atoms with Crippen molar-refractivity contribution < 1.29 is 14.3 Å². The second-order valence-electron chi connectivity index (χ2n) is 8.59. The Bertz CT molecular complexity index is 1080. The summed E-state index contributed by atoms with van der Waals surface area (Å²) >= 11 is 0. The van der Waals surface area contributed by atoms with Gasteiger partial charge in [0.1, 0.15) is 0 Å². The van der Waals surface area contributed by atoms with Crippen LogP contribution in [0.1, 0.15) is 33.9 Å². The fourth-order valence-corrected chi connectivity index (χ4v) is 4.49. The topological polar surface area (TPSA) is 50.8 Å². The van der Waals surface area contributed by atoms with Crippen molar-refractivity contribution in [1.29, 1.82) is 0 Å². The van der Waals surface area contributed by atoms with Crippen LogP contribution < -0.4 is 14.8 Å². The Labute approximate surface area is 196 Å². The Morgan fingerprint density at radius 3 is 2.36 bits per heavy atom. The Balaban J connectivity index is 1.57. The van der Waals surface area contributed by atoms with Crippen molar-refractivity contribution in [2.24, 2.45) is 0 Å². The lowest BCUT2D eigenvalue weighted by Crippen LogP contribution is -2.42. The molecule has 172 valence electrons. The van der Waals surface area contributed by atoms with E-state index in [1.807, 2.05) is 30.3 Å². The first-order valence-electron chi connectivity index (χ1n) is 11.4. The van der Waals surface area contributed by atoms with Gasteiger partial charge in [-0.05, 0) is 47.7 Å². The molecule has 1 amide bonds. The molecule has 0 fully saturated rings. The predicted molar refractivity (Wildman–Crippen MR) is 131 cm³/mol. The molecule has 33 heavy (non-hydrogen) atoms. The normalized spacial score (nSPS) is 15.5. The zero-order chi connectivity index (χ0) is 23.2. The number of ether oxygens (including phenoxy) is 2. The molecule has 0 saturated carbocycles. The molecule has 1 aliphatic heterocycles. The molecule has 0 radical (unpaired) electrons. The summed E-state index contributed by atoms with van der Waals surface area (Å²) in [5.74, 6) is 1.49. The van der Waals surface area contributed by atoms with Gasteiger partial charge in [-0.1, -0.05) is 60.2 Å². The standard InChI is InChI=1S/C28H32N2O3/c1-20-9-11-22(12-10-20)19-30-14-13-23-16-26(32-2)27(33-3)17-24(23)25(30)18-29-28(31)15-21-7-5-4-6-8-21/h4-12,16-17,25H,13-15,18-19H2,1-3H3,(H,29,31)/t25-/m1/s1. The summed E-state index contributed by atoms with van der Waals surface area (Å²) in [6.07, 6.45) is 1.31. The van der Waals surface area contributed by atoms with E-state index in [0.717, 1.165) is 30.8 Å². The zero-order valence-corrected chi connectivity index (χ0v) is 19.6. The molecule has 3 aromatic carbocycles. The molecule has 0 spiro atoms. The molecule has 1 atom stereocenters. The van der Waals surface area contributed by atoms with Crippen LogP contribution in [0.25, 0.3) is 0 Å². The lowest BCUT2D eigenvalue weighted by molar-refractivity contribution is -0.120. The van der Waals surface area contributed by atoms with Crippen LogP contribution in [0.15, 0.2) is 66.7 Å². The number of hydrogen-bond donors (Lipinski definition) is 1. The quantitative estimate of drug-likeness (QED) is 0.557. The number of nitrogens with zero attached hydrogens (tertiary/aromatic N) is 1. The van der Waals surface area contributed by atoms with Crippen LogP contribution >= 0.6 is 0 Å². The summed E-state index contributed by atoms with van der Waals surface area (Å²) in [4.78, 5) is 15.2. The second-order valence-corrected chi connectivity index (χ2v) is 8.59. The number of hydrogen-bond acceptors (Lipinski definition) is 4. The van der Waals surface area contributed by atoms with Crippen molar-refractivity contribution in [3.8, 4) is 11.5 Å². The van der Waals surface area contributed by atoms with E-state index in [0.29, 0.717) is 18.7 Å². The number of carbonyl (C=O) groups is 1. The first-order chi connectivity index (χ1) is 16.1. The Morgan fingerprint density at radius 1 is 0.970 bits per heavy atom. The summed E-state index contributed by atoms with van der Waals surface area (Å²) in [6.45, 7) is 4.38. The summed E-state index contributed by atoms with van der Waals surface area (Å²) in [7, 11) is 3.33. The molecule has 5 nitrogen and oxygen atoms in total. The highest BCUT2D eigenvalue weighted by Gasteiger charge is 2.29. The van der Waals surface area contributed by atoms with Gasteiger partial charge in [0.15, 0.2) is 11.5 Å². The number of carbonyl (C=O) groups excluding carboxylic acids is 1. The average molecular weight is 445 g/mol. The monoisotopic (exact) mass is 444 g/mol. The largest absolute Gasteiger partial charge is 0.493 e. The molecule has 5 heteroatoms. The van der Waals surface area contributed by atoms with Gasteiger partial charge in [0, 0.05) is 19.6 Å². The van der Waals surface area contributed by atoms with Crippen LogP contribution in [0.5, 0.6) is 11.5 Å². The number of fused-ring (bicyclic) bond motifs is 1. The van der Waals surface area contributed by atoms with Gasteiger partial charge in [0.2, 0.25) is 5.91 Å². The number of rotatable bonds is 8. The van der Waals surface area contributed by atoms with Gasteiger partial charge in [0.05, 0.1) is 26.7 Å².